The van der Waals surface area contributed by atoms with E-state index >= 15 is 0 Å². The van der Waals surface area contributed by atoms with Crippen molar-refractivity contribution < 1.29 is 0 Å². The maximum Gasteiger partial charge on any atom is 0.0234 e. The van der Waals surface area contributed by atoms with E-state index in [0.29, 0.717) is 5.41 Å². The fourth-order valence-electron chi connectivity index (χ4n) is 4.48. The summed E-state index contributed by atoms with van der Waals surface area (Å²) in [6, 6.07) is 19.8. The Morgan fingerprint density at radius 2 is 1.76 bits per heavy atom. The number of benzene rings is 2. The van der Waals surface area contributed by atoms with E-state index in [2.05, 4.69) is 73.3 Å². The normalized spacial score (nSPS) is 31.1. The van der Waals surface area contributed by atoms with Gasteiger partial charge in [0.1, 0.15) is 0 Å². The van der Waals surface area contributed by atoms with Crippen LogP contribution in [-0.2, 0) is 6.54 Å². The van der Waals surface area contributed by atoms with Crippen LogP contribution in [0.3, 0.4) is 0 Å². The van der Waals surface area contributed by atoms with E-state index in [1.54, 1.807) is 5.56 Å². The van der Waals surface area contributed by atoms with Gasteiger partial charge in [0.2, 0.25) is 0 Å². The van der Waals surface area contributed by atoms with Crippen LogP contribution in [0.2, 0.25) is 0 Å². The predicted octanol–water partition coefficient (Wildman–Crippen LogP) is 4.23. The SMILES string of the molecule is Cc1ccccc1[C@H]1[C@@H]2CN(Cc3ccccc3)C[C@@]21C. The minimum absolute atomic E-state index is 0.501. The molecule has 1 heteroatoms. The molecule has 2 fully saturated rings. The first-order valence-corrected chi connectivity index (χ1v) is 8.00. The third kappa shape index (κ3) is 2.11. The van der Waals surface area contributed by atoms with Gasteiger partial charge in [-0.1, -0.05) is 61.5 Å². The summed E-state index contributed by atoms with van der Waals surface area (Å²) >= 11 is 0. The fourth-order valence-corrected chi connectivity index (χ4v) is 4.48. The summed E-state index contributed by atoms with van der Waals surface area (Å²) in [6.07, 6.45) is 0. The lowest BCUT2D eigenvalue weighted by Crippen LogP contribution is -2.26. The third-order valence-corrected chi connectivity index (χ3v) is 5.64. The third-order valence-electron chi connectivity index (χ3n) is 5.64. The average Bonchev–Trinajstić information content (AvgIpc) is 2.88. The summed E-state index contributed by atoms with van der Waals surface area (Å²) in [4.78, 5) is 2.63. The highest BCUT2D eigenvalue weighted by Crippen LogP contribution is 2.68. The zero-order valence-corrected chi connectivity index (χ0v) is 12.9. The van der Waals surface area contributed by atoms with Crippen molar-refractivity contribution in [2.45, 2.75) is 26.3 Å². The Hall–Kier alpha value is -1.60. The first-order valence-electron chi connectivity index (χ1n) is 8.00. The van der Waals surface area contributed by atoms with Gasteiger partial charge in [-0.05, 0) is 40.9 Å². The summed E-state index contributed by atoms with van der Waals surface area (Å²) in [5.74, 6) is 1.63. The second-order valence-electron chi connectivity index (χ2n) is 7.10. The van der Waals surface area contributed by atoms with E-state index in [0.717, 1.165) is 18.4 Å². The topological polar surface area (TPSA) is 3.24 Å². The maximum absolute atomic E-state index is 2.63. The molecule has 21 heavy (non-hydrogen) atoms. The molecule has 0 amide bonds. The van der Waals surface area contributed by atoms with Crippen LogP contribution in [0.5, 0.6) is 0 Å². The van der Waals surface area contributed by atoms with Crippen molar-refractivity contribution >= 4 is 0 Å². The molecule has 4 rings (SSSR count). The van der Waals surface area contributed by atoms with Crippen molar-refractivity contribution in [1.29, 1.82) is 0 Å². The van der Waals surface area contributed by atoms with Gasteiger partial charge in [0, 0.05) is 19.6 Å². The molecule has 1 saturated carbocycles. The number of likely N-dealkylation sites (tertiary alicyclic amines) is 1. The average molecular weight is 277 g/mol. The first-order chi connectivity index (χ1) is 10.2. The Bertz CT molecular complexity index is 648. The zero-order valence-electron chi connectivity index (χ0n) is 12.9. The Morgan fingerprint density at radius 1 is 1.05 bits per heavy atom. The standard InChI is InChI=1S/C20H23N/c1-15-8-6-7-11-17(15)19-18-13-21(14-20(18,19)2)12-16-9-4-3-5-10-16/h3-11,18-19H,12-14H2,1-2H3/t18-,19-,20-/m0/s1. The van der Waals surface area contributed by atoms with Crippen LogP contribution < -0.4 is 0 Å². The molecule has 1 nitrogen and oxygen atoms in total. The number of hydrogen-bond donors (Lipinski definition) is 0. The number of hydrogen-bond acceptors (Lipinski definition) is 1. The van der Waals surface area contributed by atoms with E-state index < -0.39 is 0 Å². The number of aryl methyl sites for hydroxylation is 1. The van der Waals surface area contributed by atoms with Crippen LogP contribution in [-0.4, -0.2) is 18.0 Å². The highest BCUT2D eigenvalue weighted by Gasteiger charge is 2.65. The lowest BCUT2D eigenvalue weighted by Gasteiger charge is -2.22. The van der Waals surface area contributed by atoms with Crippen LogP contribution in [0.25, 0.3) is 0 Å². The molecule has 0 N–H and O–H groups in total. The summed E-state index contributed by atoms with van der Waals surface area (Å²) < 4.78 is 0. The van der Waals surface area contributed by atoms with E-state index in [4.69, 9.17) is 0 Å². The number of nitrogens with zero attached hydrogens (tertiary/aromatic N) is 1. The second-order valence-corrected chi connectivity index (χ2v) is 7.10. The minimum Gasteiger partial charge on any atom is -0.298 e. The van der Waals surface area contributed by atoms with Crippen molar-refractivity contribution in [3.05, 3.63) is 71.3 Å². The monoisotopic (exact) mass is 277 g/mol. The molecule has 1 aliphatic carbocycles. The summed E-state index contributed by atoms with van der Waals surface area (Å²) in [5, 5.41) is 0. The molecule has 2 aromatic rings. The number of piperidine rings is 1. The van der Waals surface area contributed by atoms with Crippen LogP contribution >= 0.6 is 0 Å². The molecule has 108 valence electrons. The molecule has 0 radical (unpaired) electrons. The van der Waals surface area contributed by atoms with E-state index in [9.17, 15) is 0 Å². The molecule has 0 bridgehead atoms. The Balaban J connectivity index is 1.47. The van der Waals surface area contributed by atoms with Crippen molar-refractivity contribution in [2.24, 2.45) is 11.3 Å². The lowest BCUT2D eigenvalue weighted by atomic mass is 9.97. The smallest absolute Gasteiger partial charge is 0.0234 e. The van der Waals surface area contributed by atoms with E-state index in [-0.39, 0.29) is 0 Å². The van der Waals surface area contributed by atoms with E-state index in [1.165, 1.54) is 24.2 Å². The summed E-state index contributed by atoms with van der Waals surface area (Å²) in [5.41, 5.74) is 4.99. The van der Waals surface area contributed by atoms with Gasteiger partial charge in [-0.3, -0.25) is 4.90 Å². The van der Waals surface area contributed by atoms with Crippen LogP contribution in [0.4, 0.5) is 0 Å². The highest BCUT2D eigenvalue weighted by molar-refractivity contribution is 5.40. The molecule has 2 aromatic carbocycles. The van der Waals surface area contributed by atoms with Gasteiger partial charge >= 0.3 is 0 Å². The van der Waals surface area contributed by atoms with Gasteiger partial charge in [-0.2, -0.15) is 0 Å². The van der Waals surface area contributed by atoms with Gasteiger partial charge in [0.25, 0.3) is 0 Å². The van der Waals surface area contributed by atoms with Gasteiger partial charge < -0.3 is 0 Å². The molecule has 1 saturated heterocycles. The highest BCUT2D eigenvalue weighted by atomic mass is 15.2. The molecule has 0 unspecified atom stereocenters. The molecule has 2 aliphatic rings. The molecule has 1 heterocycles. The molecular weight excluding hydrogens is 254 g/mol. The first kappa shape index (κ1) is 13.1. The Morgan fingerprint density at radius 3 is 2.43 bits per heavy atom. The van der Waals surface area contributed by atoms with Gasteiger partial charge in [0.15, 0.2) is 0 Å². The van der Waals surface area contributed by atoms with Crippen LogP contribution in [0, 0.1) is 18.3 Å². The molecule has 0 aromatic heterocycles. The largest absolute Gasteiger partial charge is 0.298 e. The zero-order chi connectivity index (χ0) is 14.4. The van der Waals surface area contributed by atoms with Crippen molar-refractivity contribution in [2.75, 3.05) is 13.1 Å². The lowest BCUT2D eigenvalue weighted by molar-refractivity contribution is 0.269. The predicted molar refractivity (Wildman–Crippen MR) is 87.2 cm³/mol. The summed E-state index contributed by atoms with van der Waals surface area (Å²) in [6.45, 7) is 8.34. The van der Waals surface area contributed by atoms with Gasteiger partial charge in [0.05, 0.1) is 0 Å². The fraction of sp³-hybridized carbons (Fsp3) is 0.400. The van der Waals surface area contributed by atoms with Crippen molar-refractivity contribution in [3.63, 3.8) is 0 Å². The Kier molecular flexibility index (Phi) is 2.93. The van der Waals surface area contributed by atoms with Crippen molar-refractivity contribution in [3.8, 4) is 0 Å². The number of fused-ring (bicyclic) bond motifs is 1. The molecular formula is C20H23N. The quantitative estimate of drug-likeness (QED) is 0.811. The van der Waals surface area contributed by atoms with Crippen LogP contribution in [0.1, 0.15) is 29.5 Å². The molecule has 1 aliphatic heterocycles. The molecule has 3 atom stereocenters. The van der Waals surface area contributed by atoms with Gasteiger partial charge in [-0.15, -0.1) is 0 Å². The maximum atomic E-state index is 2.63. The van der Waals surface area contributed by atoms with Gasteiger partial charge in [-0.25, -0.2) is 0 Å². The Labute approximate surface area is 127 Å². The summed E-state index contributed by atoms with van der Waals surface area (Å²) in [7, 11) is 0. The van der Waals surface area contributed by atoms with Crippen LogP contribution in [0.15, 0.2) is 54.6 Å². The number of rotatable bonds is 3. The molecule has 0 spiro atoms. The minimum atomic E-state index is 0.501. The second kappa shape index (κ2) is 4.71. The van der Waals surface area contributed by atoms with E-state index in [1.807, 2.05) is 0 Å². The van der Waals surface area contributed by atoms with Crippen molar-refractivity contribution in [1.82, 2.24) is 4.90 Å².